The molecule has 3 N–H and O–H groups in total. The van der Waals surface area contributed by atoms with Crippen molar-refractivity contribution in [3.05, 3.63) is 12.2 Å². The van der Waals surface area contributed by atoms with Crippen LogP contribution in [0.2, 0.25) is 0 Å². The van der Waals surface area contributed by atoms with Crippen LogP contribution in [0.3, 0.4) is 0 Å². The van der Waals surface area contributed by atoms with Crippen molar-refractivity contribution < 1.29 is 24.5 Å². The van der Waals surface area contributed by atoms with E-state index in [1.54, 1.807) is 0 Å². The largest absolute Gasteiger partial charge is 0.466 e. The van der Waals surface area contributed by atoms with Crippen LogP contribution >= 0.6 is 0 Å². The van der Waals surface area contributed by atoms with E-state index < -0.39 is 12.1 Å². The van der Waals surface area contributed by atoms with E-state index in [4.69, 9.17) is 4.74 Å². The van der Waals surface area contributed by atoms with Gasteiger partial charge in [-0.25, -0.2) is 0 Å². The molecule has 0 aromatic carbocycles. The second-order valence-electron chi connectivity index (χ2n) is 29.9. The molecule has 0 bridgehead atoms. The van der Waals surface area contributed by atoms with E-state index in [0.29, 0.717) is 25.9 Å². The van der Waals surface area contributed by atoms with E-state index >= 15 is 0 Å². The first-order chi connectivity index (χ1) is 45.5. The van der Waals surface area contributed by atoms with Crippen LogP contribution in [-0.2, 0) is 14.3 Å². The molecule has 0 rings (SSSR count). The van der Waals surface area contributed by atoms with Crippen molar-refractivity contribution in [1.82, 2.24) is 5.32 Å². The fourth-order valence-corrected chi connectivity index (χ4v) is 14.1. The van der Waals surface area contributed by atoms with Gasteiger partial charge in [0.25, 0.3) is 0 Å². The number of carbonyl (C=O) groups is 2. The summed E-state index contributed by atoms with van der Waals surface area (Å²) in [6.45, 7) is 5.03. The Kier molecular flexibility index (Phi) is 80.8. The van der Waals surface area contributed by atoms with Crippen molar-refractivity contribution in [3.63, 3.8) is 0 Å². The van der Waals surface area contributed by atoms with Gasteiger partial charge in [0.15, 0.2) is 0 Å². The minimum absolute atomic E-state index is 0.0254. The Morgan fingerprint density at radius 2 is 0.511 bits per heavy atom. The molecule has 0 aliphatic carbocycles. The maximum absolute atomic E-state index is 12.6. The molecule has 0 saturated heterocycles. The number of carbonyl (C=O) groups excluding carboxylic acids is 2. The number of amides is 1. The molecule has 6 heteroatoms. The molecule has 92 heavy (non-hydrogen) atoms. The molecule has 0 aliphatic heterocycles. The minimum atomic E-state index is -0.662. The zero-order valence-electron chi connectivity index (χ0n) is 63.1. The lowest BCUT2D eigenvalue weighted by molar-refractivity contribution is -0.143. The third-order valence-electron chi connectivity index (χ3n) is 20.6. The highest BCUT2D eigenvalue weighted by Crippen LogP contribution is 2.21. The molecule has 0 aromatic heterocycles. The second-order valence-corrected chi connectivity index (χ2v) is 29.9. The summed E-state index contributed by atoms with van der Waals surface area (Å²) in [7, 11) is 0. The van der Waals surface area contributed by atoms with E-state index in [2.05, 4.69) is 31.3 Å². The average molecular weight is 1300 g/mol. The Bertz CT molecular complexity index is 1400. The van der Waals surface area contributed by atoms with Crippen molar-refractivity contribution in [2.24, 2.45) is 0 Å². The molecule has 1 amide bonds. The summed E-state index contributed by atoms with van der Waals surface area (Å²) in [6.07, 6.45) is 105. The molecule has 0 fully saturated rings. The highest BCUT2D eigenvalue weighted by molar-refractivity contribution is 5.76. The topological polar surface area (TPSA) is 95.9 Å². The zero-order chi connectivity index (χ0) is 66.3. The van der Waals surface area contributed by atoms with Crippen molar-refractivity contribution in [1.29, 1.82) is 0 Å². The zero-order valence-corrected chi connectivity index (χ0v) is 63.1. The number of allylic oxidation sites excluding steroid dienone is 2. The predicted octanol–water partition coefficient (Wildman–Crippen LogP) is 28.6. The van der Waals surface area contributed by atoms with Crippen LogP contribution in [0, 0.1) is 0 Å². The molecule has 548 valence electrons. The Hall–Kier alpha value is -1.40. The number of unbranched alkanes of at least 4 members (excludes halogenated alkanes) is 69. The number of aliphatic hydroxyl groups is 2. The lowest BCUT2D eigenvalue weighted by Gasteiger charge is -2.22. The number of hydrogen-bond donors (Lipinski definition) is 3. The molecular weight excluding hydrogens is 1130 g/mol. The third-order valence-corrected chi connectivity index (χ3v) is 20.6. The van der Waals surface area contributed by atoms with Gasteiger partial charge in [-0.05, 0) is 51.4 Å². The summed E-state index contributed by atoms with van der Waals surface area (Å²) in [5, 5.41) is 23.5. The number of hydrogen-bond acceptors (Lipinski definition) is 5. The summed E-state index contributed by atoms with van der Waals surface area (Å²) in [4.78, 5) is 24.7. The van der Waals surface area contributed by atoms with Crippen molar-refractivity contribution >= 4 is 11.9 Å². The van der Waals surface area contributed by atoms with Gasteiger partial charge >= 0.3 is 5.97 Å². The van der Waals surface area contributed by atoms with Crippen LogP contribution in [0.4, 0.5) is 0 Å². The first-order valence-electron chi connectivity index (χ1n) is 42.9. The highest BCUT2D eigenvalue weighted by atomic mass is 16.5. The van der Waals surface area contributed by atoms with Crippen LogP contribution in [0.15, 0.2) is 12.2 Å². The Morgan fingerprint density at radius 3 is 0.772 bits per heavy atom. The van der Waals surface area contributed by atoms with Gasteiger partial charge in [0.1, 0.15) is 0 Å². The molecule has 0 heterocycles. The standard InChI is InChI=1S/C86H169NO5/c1-3-5-7-9-11-13-15-17-19-21-23-39-43-46-50-54-58-62-66-70-74-78-84(89)83(82-88)87-85(90)79-75-71-67-63-59-55-51-47-44-40-37-35-33-31-29-27-25-24-26-28-30-32-34-36-38-41-45-49-53-57-61-65-69-73-77-81-92-86(91)80-76-72-68-64-60-56-52-48-42-22-20-18-16-14-12-10-8-6-4-2/h26,28,83-84,88-89H,3-25,27,29-82H2,1-2H3,(H,87,90)/b28-26-. The maximum atomic E-state index is 12.6. The molecule has 0 radical (unpaired) electrons. The van der Waals surface area contributed by atoms with E-state index in [1.807, 2.05) is 0 Å². The predicted molar refractivity (Wildman–Crippen MR) is 407 cm³/mol. The van der Waals surface area contributed by atoms with Gasteiger partial charge in [0.05, 0.1) is 25.4 Å². The first kappa shape index (κ1) is 90.6. The number of aliphatic hydroxyl groups excluding tert-OH is 2. The van der Waals surface area contributed by atoms with Crippen LogP contribution in [0.25, 0.3) is 0 Å². The molecule has 0 spiro atoms. The molecule has 6 nitrogen and oxygen atoms in total. The Morgan fingerprint density at radius 1 is 0.293 bits per heavy atom. The smallest absolute Gasteiger partial charge is 0.305 e. The van der Waals surface area contributed by atoms with Gasteiger partial charge in [-0.15, -0.1) is 0 Å². The maximum Gasteiger partial charge on any atom is 0.305 e. The molecular formula is C86H169NO5. The fourth-order valence-electron chi connectivity index (χ4n) is 14.1. The van der Waals surface area contributed by atoms with Gasteiger partial charge in [-0.2, -0.15) is 0 Å². The van der Waals surface area contributed by atoms with Gasteiger partial charge < -0.3 is 20.3 Å². The summed E-state index contributed by atoms with van der Waals surface area (Å²) in [5.41, 5.74) is 0. The van der Waals surface area contributed by atoms with E-state index in [-0.39, 0.29) is 18.5 Å². The minimum Gasteiger partial charge on any atom is -0.466 e. The SMILES string of the molecule is CCCCCCCCCCCCCCCCCCCCCCCC(O)C(CO)NC(=O)CCCCCCCCCCCCCCCCCCC/C=C\CCCCCCCCCCCCCCCCOC(=O)CCCCCCCCCCCCCCCCCCCCC. The van der Waals surface area contributed by atoms with Gasteiger partial charge in [0, 0.05) is 12.8 Å². The highest BCUT2D eigenvalue weighted by Gasteiger charge is 2.20. The van der Waals surface area contributed by atoms with Crippen LogP contribution in [0.1, 0.15) is 502 Å². The monoisotopic (exact) mass is 1300 g/mol. The van der Waals surface area contributed by atoms with Crippen molar-refractivity contribution in [2.75, 3.05) is 13.2 Å². The number of rotatable bonds is 82. The quantitative estimate of drug-likeness (QED) is 0.0320. The van der Waals surface area contributed by atoms with Crippen molar-refractivity contribution in [2.45, 2.75) is 514 Å². The van der Waals surface area contributed by atoms with Gasteiger partial charge in [0.2, 0.25) is 5.91 Å². The molecule has 2 atom stereocenters. The van der Waals surface area contributed by atoms with Gasteiger partial charge in [-0.3, -0.25) is 9.59 Å². The second kappa shape index (κ2) is 82.0. The van der Waals surface area contributed by atoms with Crippen LogP contribution in [0.5, 0.6) is 0 Å². The number of esters is 1. The molecule has 0 aromatic rings. The van der Waals surface area contributed by atoms with E-state index in [9.17, 15) is 19.8 Å². The lowest BCUT2D eigenvalue weighted by atomic mass is 10.0. The fraction of sp³-hybridized carbons (Fsp3) is 0.953. The van der Waals surface area contributed by atoms with Crippen molar-refractivity contribution in [3.8, 4) is 0 Å². The summed E-state index contributed by atoms with van der Waals surface area (Å²) in [6, 6.07) is -0.539. The summed E-state index contributed by atoms with van der Waals surface area (Å²) >= 11 is 0. The van der Waals surface area contributed by atoms with E-state index in [1.165, 1.54) is 430 Å². The lowest BCUT2D eigenvalue weighted by Crippen LogP contribution is -2.45. The summed E-state index contributed by atoms with van der Waals surface area (Å²) < 4.78 is 5.53. The third kappa shape index (κ3) is 77.6. The average Bonchev–Trinajstić information content (AvgIpc) is 3.63. The number of ether oxygens (including phenoxy) is 1. The normalized spacial score (nSPS) is 12.4. The van der Waals surface area contributed by atoms with Crippen LogP contribution in [-0.4, -0.2) is 47.4 Å². The summed E-state index contributed by atoms with van der Waals surface area (Å²) in [5.74, 6) is 0.00119. The van der Waals surface area contributed by atoms with Crippen LogP contribution < -0.4 is 5.32 Å². The van der Waals surface area contributed by atoms with Gasteiger partial charge in [-0.1, -0.05) is 450 Å². The molecule has 2 unspecified atom stereocenters. The first-order valence-corrected chi connectivity index (χ1v) is 42.9. The Balaban J connectivity index is 3.32. The Labute approximate surface area is 578 Å². The molecule has 0 saturated carbocycles. The molecule has 0 aliphatic rings. The number of nitrogens with one attached hydrogen (secondary N) is 1. The van der Waals surface area contributed by atoms with E-state index in [0.717, 1.165) is 38.5 Å².